The van der Waals surface area contributed by atoms with Gasteiger partial charge in [-0.25, -0.2) is 9.59 Å². The summed E-state index contributed by atoms with van der Waals surface area (Å²) in [6.07, 6.45) is 0. The number of nitrogens with zero attached hydrogens (tertiary/aromatic N) is 3. The van der Waals surface area contributed by atoms with Crippen molar-refractivity contribution in [1.29, 1.82) is 0 Å². The molecule has 10 nitrogen and oxygen atoms in total. The van der Waals surface area contributed by atoms with Crippen LogP contribution in [-0.4, -0.2) is 104 Å². The molecule has 0 aromatic heterocycles. The van der Waals surface area contributed by atoms with Gasteiger partial charge in [-0.3, -0.25) is 9.59 Å². The number of carbonyl (C=O) groups excluding carboxylic acids is 4. The van der Waals surface area contributed by atoms with E-state index < -0.39 is 24.0 Å². The van der Waals surface area contributed by atoms with Gasteiger partial charge in [-0.05, 0) is 6.92 Å². The van der Waals surface area contributed by atoms with Gasteiger partial charge >= 0.3 is 12.0 Å². The molecule has 2 aliphatic heterocycles. The Morgan fingerprint density at radius 1 is 1.08 bits per heavy atom. The number of morpholine rings is 1. The molecule has 26 heavy (non-hydrogen) atoms. The van der Waals surface area contributed by atoms with Crippen molar-refractivity contribution in [2.75, 3.05) is 53.0 Å². The van der Waals surface area contributed by atoms with Crippen LogP contribution in [0, 0.1) is 0 Å². The van der Waals surface area contributed by atoms with E-state index in [4.69, 9.17) is 4.74 Å². The fraction of sp³-hybridized carbons (Fsp3) is 0.750. The highest BCUT2D eigenvalue weighted by atomic mass is 16.5. The Kier molecular flexibility index (Phi) is 6.78. The number of nitrogens with one attached hydrogen (secondary N) is 1. The molecular weight excluding hydrogens is 344 g/mol. The van der Waals surface area contributed by atoms with Gasteiger partial charge in [-0.1, -0.05) is 0 Å². The fourth-order valence-corrected chi connectivity index (χ4v) is 3.00. The van der Waals surface area contributed by atoms with Gasteiger partial charge < -0.3 is 29.5 Å². The zero-order valence-corrected chi connectivity index (χ0v) is 15.4. The van der Waals surface area contributed by atoms with Crippen LogP contribution in [0.5, 0.6) is 0 Å². The summed E-state index contributed by atoms with van der Waals surface area (Å²) in [5.41, 5.74) is 0. The van der Waals surface area contributed by atoms with E-state index in [1.807, 2.05) is 0 Å². The minimum absolute atomic E-state index is 0.0884. The molecule has 0 saturated carbocycles. The van der Waals surface area contributed by atoms with E-state index in [0.29, 0.717) is 32.8 Å². The molecule has 0 radical (unpaired) electrons. The van der Waals surface area contributed by atoms with E-state index in [1.54, 1.807) is 4.90 Å². The molecule has 0 aliphatic carbocycles. The van der Waals surface area contributed by atoms with Crippen molar-refractivity contribution in [3.63, 3.8) is 0 Å². The van der Waals surface area contributed by atoms with Gasteiger partial charge in [0.05, 0.1) is 26.9 Å². The number of ether oxygens (including phenoxy) is 2. The van der Waals surface area contributed by atoms with Crippen molar-refractivity contribution in [3.8, 4) is 0 Å². The van der Waals surface area contributed by atoms with E-state index in [1.165, 1.54) is 30.8 Å². The lowest BCUT2D eigenvalue weighted by Gasteiger charge is -2.43. The van der Waals surface area contributed by atoms with E-state index in [2.05, 4.69) is 10.1 Å². The zero-order valence-electron chi connectivity index (χ0n) is 15.4. The molecule has 0 bridgehead atoms. The standard InChI is InChI=1S/C16H26N4O6/c1-11(15(23)25-3)17-14(22)13-10-19(12(2)21)4-5-20(13)16(24)18-6-8-26-9-7-18/h11,13H,4-10H2,1-3H3,(H,17,22)/t11-,13-/m1/s1. The van der Waals surface area contributed by atoms with Crippen molar-refractivity contribution in [2.45, 2.75) is 25.9 Å². The van der Waals surface area contributed by atoms with Gasteiger partial charge in [0.25, 0.3) is 0 Å². The molecular formula is C16H26N4O6. The number of rotatable bonds is 3. The Morgan fingerprint density at radius 2 is 1.73 bits per heavy atom. The summed E-state index contributed by atoms with van der Waals surface area (Å²) in [6, 6.07) is -1.97. The Labute approximate surface area is 152 Å². The number of piperazine rings is 1. The predicted molar refractivity (Wildman–Crippen MR) is 90.2 cm³/mol. The first-order valence-electron chi connectivity index (χ1n) is 8.62. The Bertz CT molecular complexity index is 563. The van der Waals surface area contributed by atoms with Crippen LogP contribution >= 0.6 is 0 Å². The fourth-order valence-electron chi connectivity index (χ4n) is 3.00. The normalized spacial score (nSPS) is 21.8. The van der Waals surface area contributed by atoms with Gasteiger partial charge in [0.2, 0.25) is 11.8 Å². The Hall–Kier alpha value is -2.36. The maximum absolute atomic E-state index is 12.8. The average Bonchev–Trinajstić information content (AvgIpc) is 2.66. The molecule has 1 N–H and O–H groups in total. The van der Waals surface area contributed by atoms with Gasteiger partial charge in [0, 0.05) is 33.1 Å². The van der Waals surface area contributed by atoms with E-state index in [9.17, 15) is 19.2 Å². The predicted octanol–water partition coefficient (Wildman–Crippen LogP) is -1.35. The van der Waals surface area contributed by atoms with Crippen molar-refractivity contribution >= 4 is 23.8 Å². The van der Waals surface area contributed by atoms with Crippen LogP contribution in [-0.2, 0) is 23.9 Å². The minimum atomic E-state index is -0.866. The molecule has 2 rings (SSSR count). The third kappa shape index (κ3) is 4.63. The summed E-state index contributed by atoms with van der Waals surface area (Å²) in [6.45, 7) is 5.45. The van der Waals surface area contributed by atoms with Gasteiger partial charge in [0.1, 0.15) is 12.1 Å². The number of hydrogen-bond acceptors (Lipinski definition) is 6. The topological polar surface area (TPSA) is 108 Å². The third-order valence-electron chi connectivity index (χ3n) is 4.57. The monoisotopic (exact) mass is 370 g/mol. The smallest absolute Gasteiger partial charge is 0.328 e. The van der Waals surface area contributed by atoms with Crippen LogP contribution in [0.4, 0.5) is 4.79 Å². The van der Waals surface area contributed by atoms with Crippen LogP contribution in [0.2, 0.25) is 0 Å². The van der Waals surface area contributed by atoms with Crippen molar-refractivity contribution < 1.29 is 28.7 Å². The molecule has 4 amide bonds. The summed E-state index contributed by atoms with van der Waals surface area (Å²) in [5, 5.41) is 2.56. The number of urea groups is 1. The minimum Gasteiger partial charge on any atom is -0.467 e. The van der Waals surface area contributed by atoms with E-state index in [0.717, 1.165) is 0 Å². The van der Waals surface area contributed by atoms with Crippen molar-refractivity contribution in [3.05, 3.63) is 0 Å². The van der Waals surface area contributed by atoms with Crippen LogP contribution in [0.3, 0.4) is 0 Å². The summed E-state index contributed by atoms with van der Waals surface area (Å²) < 4.78 is 9.86. The number of esters is 1. The number of hydrogen-bond donors (Lipinski definition) is 1. The highest BCUT2D eigenvalue weighted by molar-refractivity contribution is 5.91. The lowest BCUT2D eigenvalue weighted by Crippen LogP contribution is -2.64. The number of amides is 4. The van der Waals surface area contributed by atoms with Crippen molar-refractivity contribution in [2.24, 2.45) is 0 Å². The molecule has 0 unspecified atom stereocenters. The SMILES string of the molecule is COC(=O)[C@@H](C)NC(=O)[C@H]1CN(C(C)=O)CCN1C(=O)N1CCOCC1. The van der Waals surface area contributed by atoms with Crippen LogP contribution in [0.1, 0.15) is 13.8 Å². The second-order valence-corrected chi connectivity index (χ2v) is 6.31. The van der Waals surface area contributed by atoms with Crippen molar-refractivity contribution in [1.82, 2.24) is 20.0 Å². The quantitative estimate of drug-likeness (QED) is 0.616. The first-order valence-corrected chi connectivity index (χ1v) is 8.62. The summed E-state index contributed by atoms with van der Waals surface area (Å²) in [7, 11) is 1.23. The maximum Gasteiger partial charge on any atom is 0.328 e. The Balaban J connectivity index is 2.13. The average molecular weight is 370 g/mol. The maximum atomic E-state index is 12.8. The zero-order chi connectivity index (χ0) is 19.3. The summed E-state index contributed by atoms with van der Waals surface area (Å²) >= 11 is 0. The lowest BCUT2D eigenvalue weighted by molar-refractivity contribution is -0.146. The van der Waals surface area contributed by atoms with Gasteiger partial charge in [-0.2, -0.15) is 0 Å². The lowest BCUT2D eigenvalue weighted by atomic mass is 10.1. The van der Waals surface area contributed by atoms with Crippen LogP contribution in [0.15, 0.2) is 0 Å². The van der Waals surface area contributed by atoms with Gasteiger partial charge in [-0.15, -0.1) is 0 Å². The molecule has 0 spiro atoms. The van der Waals surface area contributed by atoms with Crippen LogP contribution in [0.25, 0.3) is 0 Å². The molecule has 0 aromatic rings. The summed E-state index contributed by atoms with van der Waals surface area (Å²) in [5.74, 6) is -1.23. The molecule has 2 aliphatic rings. The Morgan fingerprint density at radius 3 is 2.31 bits per heavy atom. The number of carbonyl (C=O) groups is 4. The second kappa shape index (κ2) is 8.84. The van der Waals surface area contributed by atoms with Crippen LogP contribution < -0.4 is 5.32 Å². The highest BCUT2D eigenvalue weighted by Crippen LogP contribution is 2.15. The molecule has 2 heterocycles. The third-order valence-corrected chi connectivity index (χ3v) is 4.57. The molecule has 146 valence electrons. The molecule has 10 heteroatoms. The first-order chi connectivity index (χ1) is 12.3. The first kappa shape index (κ1) is 20.0. The number of methoxy groups -OCH3 is 1. The largest absolute Gasteiger partial charge is 0.467 e. The molecule has 2 atom stereocenters. The molecule has 2 fully saturated rings. The van der Waals surface area contributed by atoms with E-state index in [-0.39, 0.29) is 25.0 Å². The molecule has 0 aromatic carbocycles. The molecule has 2 saturated heterocycles. The van der Waals surface area contributed by atoms with E-state index >= 15 is 0 Å². The second-order valence-electron chi connectivity index (χ2n) is 6.31. The van der Waals surface area contributed by atoms with Gasteiger partial charge in [0.15, 0.2) is 0 Å². The highest BCUT2D eigenvalue weighted by Gasteiger charge is 2.39. The summed E-state index contributed by atoms with van der Waals surface area (Å²) in [4.78, 5) is 53.4.